The lowest BCUT2D eigenvalue weighted by Gasteiger charge is -2.16. The Balaban J connectivity index is 2.21. The van der Waals surface area contributed by atoms with E-state index in [2.05, 4.69) is 9.97 Å². The first kappa shape index (κ1) is 15.4. The maximum absolute atomic E-state index is 12.3. The van der Waals surface area contributed by atoms with Gasteiger partial charge in [0.05, 0.1) is 10.8 Å². The molecular formula is C16H15N3O3S. The normalized spacial score (nSPS) is 13.1. The third-order valence-corrected chi connectivity index (χ3v) is 4.64. The summed E-state index contributed by atoms with van der Waals surface area (Å²) in [6, 6.07) is 9.78. The van der Waals surface area contributed by atoms with Crippen LogP contribution in [-0.2, 0) is 14.8 Å². The largest absolute Gasteiger partial charge is 0.346 e. The Hall–Kier alpha value is -2.51. The van der Waals surface area contributed by atoms with Crippen LogP contribution < -0.4 is 5.14 Å². The number of rotatable bonds is 4. The number of benzene rings is 1. The Morgan fingerprint density at radius 1 is 1.26 bits per heavy atom. The van der Waals surface area contributed by atoms with Crippen LogP contribution in [0.25, 0.3) is 11.0 Å². The minimum absolute atomic E-state index is 0.0133. The molecule has 118 valence electrons. The fraction of sp³-hybridized carbons (Fsp3) is 0.125. The van der Waals surface area contributed by atoms with E-state index in [0.717, 1.165) is 10.9 Å². The Morgan fingerprint density at radius 3 is 2.74 bits per heavy atom. The first-order valence-electron chi connectivity index (χ1n) is 6.93. The number of aromatic amines is 1. The highest BCUT2D eigenvalue weighted by atomic mass is 32.2. The van der Waals surface area contributed by atoms with Gasteiger partial charge in [0, 0.05) is 17.8 Å². The van der Waals surface area contributed by atoms with Gasteiger partial charge in [0.25, 0.3) is 0 Å². The summed E-state index contributed by atoms with van der Waals surface area (Å²) in [5.74, 6) is -0.678. The molecule has 3 N–H and O–H groups in total. The van der Waals surface area contributed by atoms with Gasteiger partial charge >= 0.3 is 0 Å². The summed E-state index contributed by atoms with van der Waals surface area (Å²) in [6.45, 7) is 1.48. The Bertz CT molecular complexity index is 992. The van der Waals surface area contributed by atoms with E-state index < -0.39 is 15.9 Å². The SMILES string of the molecule is CC(=O)C(c1cccc(S(N)(=O)=O)c1)c1ccnc2[nH]ccc12. The zero-order valence-corrected chi connectivity index (χ0v) is 13.2. The van der Waals surface area contributed by atoms with Crippen LogP contribution >= 0.6 is 0 Å². The molecule has 2 heterocycles. The lowest BCUT2D eigenvalue weighted by Crippen LogP contribution is -2.15. The Morgan fingerprint density at radius 2 is 2.04 bits per heavy atom. The number of Topliss-reactive ketones (excluding diaryl/α,β-unsaturated/α-hetero) is 1. The summed E-state index contributed by atoms with van der Waals surface area (Å²) in [6.07, 6.45) is 3.37. The van der Waals surface area contributed by atoms with Gasteiger partial charge in [-0.2, -0.15) is 0 Å². The van der Waals surface area contributed by atoms with E-state index >= 15 is 0 Å². The van der Waals surface area contributed by atoms with Gasteiger partial charge in [-0.05, 0) is 42.3 Å². The second-order valence-corrected chi connectivity index (χ2v) is 6.86. The molecule has 23 heavy (non-hydrogen) atoms. The summed E-state index contributed by atoms with van der Waals surface area (Å²) >= 11 is 0. The van der Waals surface area contributed by atoms with Crippen LogP contribution in [0, 0.1) is 0 Å². The molecule has 2 aromatic heterocycles. The summed E-state index contributed by atoms with van der Waals surface area (Å²) in [4.78, 5) is 19.5. The zero-order valence-electron chi connectivity index (χ0n) is 12.4. The molecule has 0 aliphatic heterocycles. The average Bonchev–Trinajstić information content (AvgIpc) is 2.96. The van der Waals surface area contributed by atoms with Crippen molar-refractivity contribution >= 4 is 26.8 Å². The highest BCUT2D eigenvalue weighted by Crippen LogP contribution is 2.31. The maximum atomic E-state index is 12.3. The fourth-order valence-corrected chi connectivity index (χ4v) is 3.31. The monoisotopic (exact) mass is 329 g/mol. The van der Waals surface area contributed by atoms with E-state index in [-0.39, 0.29) is 10.7 Å². The van der Waals surface area contributed by atoms with E-state index in [4.69, 9.17) is 5.14 Å². The second kappa shape index (κ2) is 5.60. The van der Waals surface area contributed by atoms with Crippen molar-refractivity contribution in [3.63, 3.8) is 0 Å². The number of hydrogen-bond donors (Lipinski definition) is 2. The fourth-order valence-electron chi connectivity index (χ4n) is 2.74. The Labute approximate surface area is 133 Å². The molecule has 0 spiro atoms. The van der Waals surface area contributed by atoms with Crippen LogP contribution in [0.1, 0.15) is 24.0 Å². The van der Waals surface area contributed by atoms with Gasteiger partial charge in [0.15, 0.2) is 0 Å². The van der Waals surface area contributed by atoms with Crippen molar-refractivity contribution in [3.05, 3.63) is 59.9 Å². The van der Waals surface area contributed by atoms with Crippen LogP contribution in [0.15, 0.2) is 53.7 Å². The van der Waals surface area contributed by atoms with Gasteiger partial charge in [-0.1, -0.05) is 12.1 Å². The molecule has 0 aliphatic rings. The van der Waals surface area contributed by atoms with Crippen LogP contribution in [0.2, 0.25) is 0 Å². The molecule has 1 atom stereocenters. The topological polar surface area (TPSA) is 106 Å². The predicted octanol–water partition coefficient (Wildman–Crippen LogP) is 1.93. The minimum Gasteiger partial charge on any atom is -0.346 e. The molecule has 6 nitrogen and oxygen atoms in total. The lowest BCUT2D eigenvalue weighted by molar-refractivity contribution is -0.117. The molecule has 3 rings (SSSR count). The second-order valence-electron chi connectivity index (χ2n) is 5.30. The summed E-state index contributed by atoms with van der Waals surface area (Å²) in [5, 5.41) is 6.01. The van der Waals surface area contributed by atoms with E-state index in [9.17, 15) is 13.2 Å². The number of nitrogens with two attached hydrogens (primary N) is 1. The van der Waals surface area contributed by atoms with Crippen molar-refractivity contribution in [1.29, 1.82) is 0 Å². The molecule has 7 heteroatoms. The molecule has 0 bridgehead atoms. The van der Waals surface area contributed by atoms with Gasteiger partial charge in [0.1, 0.15) is 11.4 Å². The molecule has 0 amide bonds. The molecule has 1 unspecified atom stereocenters. The molecular weight excluding hydrogens is 314 g/mol. The summed E-state index contributed by atoms with van der Waals surface area (Å²) < 4.78 is 23.1. The van der Waals surface area contributed by atoms with Crippen molar-refractivity contribution in [3.8, 4) is 0 Å². The third kappa shape index (κ3) is 2.88. The first-order valence-corrected chi connectivity index (χ1v) is 8.48. The molecule has 0 saturated heterocycles. The number of carbonyl (C=O) groups is 1. The number of carbonyl (C=O) groups excluding carboxylic acids is 1. The first-order chi connectivity index (χ1) is 10.9. The molecule has 3 aromatic rings. The number of nitrogens with zero attached hydrogens (tertiary/aromatic N) is 1. The third-order valence-electron chi connectivity index (χ3n) is 3.73. The molecule has 0 saturated carbocycles. The van der Waals surface area contributed by atoms with Crippen molar-refractivity contribution in [2.45, 2.75) is 17.7 Å². The molecule has 0 fully saturated rings. The number of nitrogens with one attached hydrogen (secondary N) is 1. The number of aromatic nitrogens is 2. The molecule has 0 aliphatic carbocycles. The van der Waals surface area contributed by atoms with Crippen LogP contribution in [0.4, 0.5) is 0 Å². The number of H-pyrrole nitrogens is 1. The van der Waals surface area contributed by atoms with Crippen LogP contribution in [0.5, 0.6) is 0 Å². The Kier molecular flexibility index (Phi) is 3.75. The number of sulfonamides is 1. The van der Waals surface area contributed by atoms with E-state index in [1.165, 1.54) is 19.1 Å². The lowest BCUT2D eigenvalue weighted by atomic mass is 9.87. The maximum Gasteiger partial charge on any atom is 0.238 e. The minimum atomic E-state index is -3.83. The van der Waals surface area contributed by atoms with Gasteiger partial charge in [-0.15, -0.1) is 0 Å². The van der Waals surface area contributed by atoms with Gasteiger partial charge in [-0.3, -0.25) is 4.79 Å². The smallest absolute Gasteiger partial charge is 0.238 e. The van der Waals surface area contributed by atoms with Crippen LogP contribution in [0.3, 0.4) is 0 Å². The van der Waals surface area contributed by atoms with Crippen molar-refractivity contribution in [1.82, 2.24) is 9.97 Å². The van der Waals surface area contributed by atoms with Crippen LogP contribution in [-0.4, -0.2) is 24.2 Å². The highest BCUT2D eigenvalue weighted by Gasteiger charge is 2.23. The highest BCUT2D eigenvalue weighted by molar-refractivity contribution is 7.89. The number of pyridine rings is 1. The number of fused-ring (bicyclic) bond motifs is 1. The van der Waals surface area contributed by atoms with Crippen molar-refractivity contribution in [2.75, 3.05) is 0 Å². The van der Waals surface area contributed by atoms with Crippen molar-refractivity contribution < 1.29 is 13.2 Å². The van der Waals surface area contributed by atoms with Crippen molar-refractivity contribution in [2.24, 2.45) is 5.14 Å². The van der Waals surface area contributed by atoms with E-state index in [1.807, 2.05) is 6.07 Å². The van der Waals surface area contributed by atoms with E-state index in [0.29, 0.717) is 11.2 Å². The van der Waals surface area contributed by atoms with E-state index in [1.54, 1.807) is 30.6 Å². The predicted molar refractivity (Wildman–Crippen MR) is 86.4 cm³/mol. The van der Waals surface area contributed by atoms with Gasteiger partial charge in [-0.25, -0.2) is 18.5 Å². The number of hydrogen-bond acceptors (Lipinski definition) is 4. The standard InChI is InChI=1S/C16H15N3O3S/c1-10(20)15(11-3-2-4-12(9-11)23(17,21)22)13-5-7-18-16-14(13)6-8-19-16/h2-9,15H,1H3,(H,18,19)(H2,17,21,22). The van der Waals surface area contributed by atoms with Gasteiger partial charge < -0.3 is 4.98 Å². The summed E-state index contributed by atoms with van der Waals surface area (Å²) in [7, 11) is -3.83. The molecule has 1 aromatic carbocycles. The quantitative estimate of drug-likeness (QED) is 0.762. The summed E-state index contributed by atoms with van der Waals surface area (Å²) in [5.41, 5.74) is 2.03. The number of ketones is 1. The average molecular weight is 329 g/mol. The zero-order chi connectivity index (χ0) is 16.6. The van der Waals surface area contributed by atoms with Gasteiger partial charge in [0.2, 0.25) is 10.0 Å². The number of primary sulfonamides is 1. The molecule has 0 radical (unpaired) electrons.